The van der Waals surface area contributed by atoms with Crippen LogP contribution in [0.4, 0.5) is 13.2 Å². The summed E-state index contributed by atoms with van der Waals surface area (Å²) in [5, 5.41) is 9.47. The second-order valence-electron chi connectivity index (χ2n) is 3.25. The molecule has 2 N–H and O–H groups in total. The number of aliphatic hydroxyl groups excluding tert-OH is 1. The van der Waals surface area contributed by atoms with Crippen molar-refractivity contribution in [3.8, 4) is 0 Å². The average molecular weight is 215 g/mol. The van der Waals surface area contributed by atoms with Gasteiger partial charge in [0.05, 0.1) is 12.2 Å². The van der Waals surface area contributed by atoms with E-state index in [4.69, 9.17) is 5.11 Å². The molecule has 0 fully saturated rings. The summed E-state index contributed by atoms with van der Waals surface area (Å²) in [5.74, 6) is 0. The summed E-state index contributed by atoms with van der Waals surface area (Å²) in [5.41, 5.74) is 0.194. The third-order valence-corrected chi connectivity index (χ3v) is 2.18. The Balaban J connectivity index is 2.55. The van der Waals surface area contributed by atoms with Gasteiger partial charge >= 0.3 is 6.18 Å². The number of hydrogen-bond acceptors (Lipinski definition) is 1. The van der Waals surface area contributed by atoms with Crippen LogP contribution < -0.4 is 0 Å². The zero-order chi connectivity index (χ0) is 11.1. The lowest BCUT2D eigenvalue weighted by Crippen LogP contribution is -2.03. The Kier molecular flexibility index (Phi) is 2.19. The van der Waals surface area contributed by atoms with E-state index >= 15 is 0 Å². The number of rotatable bonds is 1. The first-order valence-electron chi connectivity index (χ1n) is 4.30. The smallest absolute Gasteiger partial charge is 0.390 e. The van der Waals surface area contributed by atoms with Crippen molar-refractivity contribution in [2.24, 2.45) is 0 Å². The van der Waals surface area contributed by atoms with Gasteiger partial charge in [0.25, 0.3) is 0 Å². The fourth-order valence-corrected chi connectivity index (χ4v) is 1.45. The van der Waals surface area contributed by atoms with E-state index in [1.165, 1.54) is 6.07 Å². The van der Waals surface area contributed by atoms with Crippen LogP contribution in [0.15, 0.2) is 24.3 Å². The SMILES string of the molecule is OCc1cc2ccc(C(F)(F)F)cc2[nH]1. The number of halogens is 3. The third-order valence-electron chi connectivity index (χ3n) is 2.18. The minimum Gasteiger partial charge on any atom is -0.390 e. The highest BCUT2D eigenvalue weighted by Gasteiger charge is 2.30. The third kappa shape index (κ3) is 1.83. The molecule has 0 unspecified atom stereocenters. The molecule has 0 bridgehead atoms. The predicted octanol–water partition coefficient (Wildman–Crippen LogP) is 2.68. The summed E-state index contributed by atoms with van der Waals surface area (Å²) in [6.07, 6.45) is -4.33. The number of aromatic amines is 1. The van der Waals surface area contributed by atoms with Gasteiger partial charge in [-0.3, -0.25) is 0 Å². The van der Waals surface area contributed by atoms with Crippen molar-refractivity contribution in [3.05, 3.63) is 35.5 Å². The molecular formula is C10H8F3NO. The number of alkyl halides is 3. The van der Waals surface area contributed by atoms with Crippen LogP contribution in [0.5, 0.6) is 0 Å². The number of aromatic nitrogens is 1. The Morgan fingerprint density at radius 3 is 2.53 bits per heavy atom. The van der Waals surface area contributed by atoms with E-state index in [2.05, 4.69) is 4.98 Å². The Hall–Kier alpha value is -1.49. The monoisotopic (exact) mass is 215 g/mol. The average Bonchev–Trinajstić information content (AvgIpc) is 2.57. The Bertz CT molecular complexity index is 487. The summed E-state index contributed by atoms with van der Waals surface area (Å²) in [4.78, 5) is 2.71. The highest BCUT2D eigenvalue weighted by Crippen LogP contribution is 2.31. The number of H-pyrrole nitrogens is 1. The number of benzene rings is 1. The van der Waals surface area contributed by atoms with Gasteiger partial charge in [0.1, 0.15) is 0 Å². The van der Waals surface area contributed by atoms with Gasteiger partial charge in [-0.05, 0) is 23.6 Å². The molecule has 80 valence electrons. The van der Waals surface area contributed by atoms with Crippen LogP contribution in [0.1, 0.15) is 11.3 Å². The summed E-state index contributed by atoms with van der Waals surface area (Å²) in [7, 11) is 0. The highest BCUT2D eigenvalue weighted by atomic mass is 19.4. The lowest BCUT2D eigenvalue weighted by molar-refractivity contribution is -0.137. The fraction of sp³-hybridized carbons (Fsp3) is 0.200. The molecule has 5 heteroatoms. The van der Waals surface area contributed by atoms with Gasteiger partial charge in [-0.15, -0.1) is 0 Å². The Morgan fingerprint density at radius 2 is 1.93 bits per heavy atom. The molecule has 0 aliphatic rings. The molecule has 0 aliphatic carbocycles. The quantitative estimate of drug-likeness (QED) is 0.753. The minimum absolute atomic E-state index is 0.212. The molecule has 0 aliphatic heterocycles. The molecule has 2 rings (SSSR count). The van der Waals surface area contributed by atoms with Gasteiger partial charge in [0, 0.05) is 11.2 Å². The zero-order valence-corrected chi connectivity index (χ0v) is 7.60. The van der Waals surface area contributed by atoms with Crippen molar-refractivity contribution in [3.63, 3.8) is 0 Å². The summed E-state index contributed by atoms with van der Waals surface area (Å²) < 4.78 is 37.0. The van der Waals surface area contributed by atoms with Crippen LogP contribution in [0.2, 0.25) is 0 Å². The first-order valence-corrected chi connectivity index (χ1v) is 4.30. The van der Waals surface area contributed by atoms with Crippen LogP contribution in [-0.2, 0) is 12.8 Å². The van der Waals surface area contributed by atoms with Gasteiger partial charge in [0.2, 0.25) is 0 Å². The second kappa shape index (κ2) is 3.27. The summed E-state index contributed by atoms with van der Waals surface area (Å²) in [6, 6.07) is 5.06. The van der Waals surface area contributed by atoms with Crippen molar-refractivity contribution >= 4 is 10.9 Å². The topological polar surface area (TPSA) is 36.0 Å². The lowest BCUT2D eigenvalue weighted by atomic mass is 10.1. The molecule has 0 spiro atoms. The highest BCUT2D eigenvalue weighted by molar-refractivity contribution is 5.81. The van der Waals surface area contributed by atoms with E-state index in [0.29, 0.717) is 16.6 Å². The molecule has 1 aromatic carbocycles. The Labute approximate surface area is 83.3 Å². The normalized spacial score (nSPS) is 12.3. The largest absolute Gasteiger partial charge is 0.416 e. The van der Waals surface area contributed by atoms with Gasteiger partial charge in [-0.1, -0.05) is 6.07 Å². The zero-order valence-electron chi connectivity index (χ0n) is 7.60. The Morgan fingerprint density at radius 1 is 1.20 bits per heavy atom. The number of fused-ring (bicyclic) bond motifs is 1. The van der Waals surface area contributed by atoms with Gasteiger partial charge < -0.3 is 10.1 Å². The molecule has 2 nitrogen and oxygen atoms in total. The van der Waals surface area contributed by atoms with Gasteiger partial charge in [0.15, 0.2) is 0 Å². The van der Waals surface area contributed by atoms with E-state index < -0.39 is 11.7 Å². The van der Waals surface area contributed by atoms with E-state index in [-0.39, 0.29) is 6.61 Å². The number of aliphatic hydroxyl groups is 1. The van der Waals surface area contributed by atoms with Crippen LogP contribution in [-0.4, -0.2) is 10.1 Å². The van der Waals surface area contributed by atoms with Crippen LogP contribution in [0.3, 0.4) is 0 Å². The molecule has 1 aromatic heterocycles. The summed E-state index contributed by atoms with van der Waals surface area (Å²) >= 11 is 0. The molecular weight excluding hydrogens is 207 g/mol. The van der Waals surface area contributed by atoms with Crippen molar-refractivity contribution in [2.45, 2.75) is 12.8 Å². The molecule has 0 atom stereocenters. The molecule has 2 aromatic rings. The molecule has 15 heavy (non-hydrogen) atoms. The standard InChI is InChI=1S/C10H8F3NO/c11-10(12,13)7-2-1-6-3-8(5-15)14-9(6)4-7/h1-4,14-15H,5H2. The van der Waals surface area contributed by atoms with Crippen molar-refractivity contribution in [1.29, 1.82) is 0 Å². The predicted molar refractivity (Wildman–Crippen MR) is 49.2 cm³/mol. The molecule has 0 radical (unpaired) electrons. The minimum atomic E-state index is -4.33. The molecule has 0 saturated carbocycles. The van der Waals surface area contributed by atoms with E-state index in [1.807, 2.05) is 0 Å². The van der Waals surface area contributed by atoms with E-state index in [9.17, 15) is 13.2 Å². The second-order valence-corrected chi connectivity index (χ2v) is 3.25. The van der Waals surface area contributed by atoms with Crippen molar-refractivity contribution < 1.29 is 18.3 Å². The van der Waals surface area contributed by atoms with Gasteiger partial charge in [-0.25, -0.2) is 0 Å². The maximum atomic E-state index is 12.3. The summed E-state index contributed by atoms with van der Waals surface area (Å²) in [6.45, 7) is -0.212. The molecule has 1 heterocycles. The van der Waals surface area contributed by atoms with Crippen LogP contribution in [0, 0.1) is 0 Å². The van der Waals surface area contributed by atoms with Gasteiger partial charge in [-0.2, -0.15) is 13.2 Å². The van der Waals surface area contributed by atoms with Crippen LogP contribution >= 0.6 is 0 Å². The maximum Gasteiger partial charge on any atom is 0.416 e. The van der Waals surface area contributed by atoms with Crippen LogP contribution in [0.25, 0.3) is 10.9 Å². The van der Waals surface area contributed by atoms with E-state index in [1.54, 1.807) is 6.07 Å². The number of nitrogens with one attached hydrogen (secondary N) is 1. The number of hydrogen-bond donors (Lipinski definition) is 2. The van der Waals surface area contributed by atoms with Crippen molar-refractivity contribution in [1.82, 2.24) is 4.98 Å². The van der Waals surface area contributed by atoms with Crippen molar-refractivity contribution in [2.75, 3.05) is 0 Å². The molecule has 0 amide bonds. The first-order chi connectivity index (χ1) is 7.00. The fourth-order valence-electron chi connectivity index (χ4n) is 1.45. The maximum absolute atomic E-state index is 12.3. The van der Waals surface area contributed by atoms with E-state index in [0.717, 1.165) is 12.1 Å². The molecule has 0 saturated heterocycles. The first kappa shape index (κ1) is 10.0. The lowest BCUT2D eigenvalue weighted by Gasteiger charge is -2.05.